The van der Waals surface area contributed by atoms with E-state index in [-0.39, 0.29) is 12.7 Å². The van der Waals surface area contributed by atoms with Crippen LogP contribution >= 0.6 is 22.9 Å². The Morgan fingerprint density at radius 2 is 2.00 bits per heavy atom. The number of benzene rings is 2. The molecule has 0 saturated heterocycles. The Labute approximate surface area is 182 Å². The van der Waals surface area contributed by atoms with Gasteiger partial charge < -0.3 is 14.8 Å². The SMILES string of the molecule is O=C(CCc1csc2nc(-c3ccc(Cl)cc3)cn12)NCc1ccc2c(c1)OCO2. The van der Waals surface area contributed by atoms with Gasteiger partial charge in [-0.25, -0.2) is 4.98 Å². The Hall–Kier alpha value is -3.03. The second kappa shape index (κ2) is 8.01. The van der Waals surface area contributed by atoms with E-state index in [4.69, 9.17) is 21.1 Å². The molecule has 30 heavy (non-hydrogen) atoms. The van der Waals surface area contributed by atoms with Crippen molar-refractivity contribution < 1.29 is 14.3 Å². The van der Waals surface area contributed by atoms with Gasteiger partial charge in [-0.2, -0.15) is 0 Å². The molecule has 0 atom stereocenters. The van der Waals surface area contributed by atoms with Gasteiger partial charge >= 0.3 is 0 Å². The van der Waals surface area contributed by atoms with Crippen molar-refractivity contribution in [3.8, 4) is 22.8 Å². The van der Waals surface area contributed by atoms with Crippen LogP contribution in [0.25, 0.3) is 16.2 Å². The summed E-state index contributed by atoms with van der Waals surface area (Å²) in [4.78, 5) is 17.9. The van der Waals surface area contributed by atoms with Gasteiger partial charge in [-0.3, -0.25) is 9.20 Å². The molecule has 2 aromatic carbocycles. The first-order valence-electron chi connectivity index (χ1n) is 9.52. The molecule has 1 amide bonds. The molecule has 3 heterocycles. The van der Waals surface area contributed by atoms with Crippen LogP contribution in [0.3, 0.4) is 0 Å². The molecular weight excluding hydrogens is 422 g/mol. The molecule has 5 rings (SSSR count). The molecule has 6 nitrogen and oxygen atoms in total. The molecule has 4 aromatic rings. The van der Waals surface area contributed by atoms with Crippen molar-refractivity contribution in [1.82, 2.24) is 14.7 Å². The molecule has 1 aliphatic rings. The van der Waals surface area contributed by atoms with Gasteiger partial charge in [0.25, 0.3) is 0 Å². The summed E-state index contributed by atoms with van der Waals surface area (Å²) >= 11 is 7.54. The van der Waals surface area contributed by atoms with Crippen molar-refractivity contribution in [2.24, 2.45) is 0 Å². The van der Waals surface area contributed by atoms with Crippen LogP contribution < -0.4 is 14.8 Å². The summed E-state index contributed by atoms with van der Waals surface area (Å²) < 4.78 is 12.7. The number of carbonyl (C=O) groups is 1. The van der Waals surface area contributed by atoms with Gasteiger partial charge in [-0.1, -0.05) is 29.8 Å². The molecule has 0 saturated carbocycles. The number of ether oxygens (including phenoxy) is 2. The van der Waals surface area contributed by atoms with E-state index in [0.29, 0.717) is 24.4 Å². The number of fused-ring (bicyclic) bond motifs is 2. The molecular formula is C22H18ClN3O3S. The van der Waals surface area contributed by atoms with Gasteiger partial charge in [0.05, 0.1) is 5.69 Å². The number of carbonyl (C=O) groups excluding carboxylic acids is 1. The Bertz CT molecular complexity index is 1220. The summed E-state index contributed by atoms with van der Waals surface area (Å²) in [6.07, 6.45) is 3.06. The molecule has 0 bridgehead atoms. The summed E-state index contributed by atoms with van der Waals surface area (Å²) in [5.74, 6) is 1.47. The van der Waals surface area contributed by atoms with Crippen LogP contribution in [0.5, 0.6) is 11.5 Å². The summed E-state index contributed by atoms with van der Waals surface area (Å²) in [5.41, 5.74) is 3.96. The van der Waals surface area contributed by atoms with E-state index in [1.807, 2.05) is 48.7 Å². The van der Waals surface area contributed by atoms with Crippen LogP contribution in [0.4, 0.5) is 0 Å². The second-order valence-electron chi connectivity index (χ2n) is 6.98. The Kier molecular flexibility index (Phi) is 5.06. The topological polar surface area (TPSA) is 64.9 Å². The highest BCUT2D eigenvalue weighted by Gasteiger charge is 2.14. The fraction of sp³-hybridized carbons (Fsp3) is 0.182. The molecule has 1 N–H and O–H groups in total. The predicted molar refractivity (Wildman–Crippen MR) is 116 cm³/mol. The number of nitrogens with one attached hydrogen (secondary N) is 1. The monoisotopic (exact) mass is 439 g/mol. The summed E-state index contributed by atoms with van der Waals surface area (Å²) in [6, 6.07) is 13.3. The number of rotatable bonds is 6. The molecule has 152 valence electrons. The lowest BCUT2D eigenvalue weighted by Crippen LogP contribution is -2.23. The zero-order valence-electron chi connectivity index (χ0n) is 15.9. The average Bonchev–Trinajstić information content (AvgIpc) is 3.47. The number of nitrogens with zero attached hydrogens (tertiary/aromatic N) is 2. The van der Waals surface area contributed by atoms with E-state index in [9.17, 15) is 4.79 Å². The third kappa shape index (κ3) is 3.86. The summed E-state index contributed by atoms with van der Waals surface area (Å²) in [6.45, 7) is 0.703. The Morgan fingerprint density at radius 3 is 2.87 bits per heavy atom. The molecule has 0 spiro atoms. The van der Waals surface area contributed by atoms with Gasteiger partial charge in [0.1, 0.15) is 0 Å². The number of imidazole rings is 1. The molecule has 0 fully saturated rings. The second-order valence-corrected chi connectivity index (χ2v) is 8.25. The standard InChI is InChI=1S/C22H18ClN3O3S/c23-16-4-2-15(3-5-16)18-11-26-17(12-30-22(26)25-18)6-8-21(27)24-10-14-1-7-19-20(9-14)29-13-28-19/h1-5,7,9,11-12H,6,8,10,13H2,(H,24,27). The third-order valence-electron chi connectivity index (χ3n) is 4.96. The average molecular weight is 440 g/mol. The minimum absolute atomic E-state index is 0.00468. The van der Waals surface area contributed by atoms with E-state index in [0.717, 1.165) is 39.0 Å². The number of aromatic nitrogens is 2. The Morgan fingerprint density at radius 1 is 1.17 bits per heavy atom. The van der Waals surface area contributed by atoms with Crippen LogP contribution in [0.1, 0.15) is 17.7 Å². The fourth-order valence-corrected chi connectivity index (χ4v) is 4.38. The van der Waals surface area contributed by atoms with Crippen molar-refractivity contribution in [2.75, 3.05) is 6.79 Å². The van der Waals surface area contributed by atoms with Gasteiger partial charge in [0, 0.05) is 40.8 Å². The molecule has 1 aliphatic heterocycles. The maximum atomic E-state index is 12.3. The molecule has 0 aliphatic carbocycles. The first kappa shape index (κ1) is 19.0. The molecule has 2 aromatic heterocycles. The highest BCUT2D eigenvalue weighted by molar-refractivity contribution is 7.15. The van der Waals surface area contributed by atoms with Crippen molar-refractivity contribution in [2.45, 2.75) is 19.4 Å². The number of hydrogen-bond acceptors (Lipinski definition) is 5. The smallest absolute Gasteiger partial charge is 0.231 e. The van der Waals surface area contributed by atoms with Crippen LogP contribution in [0.15, 0.2) is 54.0 Å². The van der Waals surface area contributed by atoms with Crippen LogP contribution in [-0.2, 0) is 17.8 Å². The highest BCUT2D eigenvalue weighted by Crippen LogP contribution is 2.32. The van der Waals surface area contributed by atoms with Crippen molar-refractivity contribution in [1.29, 1.82) is 0 Å². The normalized spacial score (nSPS) is 12.4. The first-order valence-corrected chi connectivity index (χ1v) is 10.8. The predicted octanol–water partition coefficient (Wildman–Crippen LogP) is 4.69. The van der Waals surface area contributed by atoms with E-state index in [1.54, 1.807) is 11.3 Å². The molecule has 0 unspecified atom stereocenters. The quantitative estimate of drug-likeness (QED) is 0.473. The minimum atomic E-state index is 0.00468. The van der Waals surface area contributed by atoms with Crippen molar-refractivity contribution >= 4 is 33.8 Å². The number of halogens is 1. The highest BCUT2D eigenvalue weighted by atomic mass is 35.5. The fourth-order valence-electron chi connectivity index (χ4n) is 3.35. The lowest BCUT2D eigenvalue weighted by Gasteiger charge is -2.06. The van der Waals surface area contributed by atoms with Gasteiger partial charge in [0.2, 0.25) is 12.7 Å². The number of aryl methyl sites for hydroxylation is 1. The van der Waals surface area contributed by atoms with Crippen LogP contribution in [0, 0.1) is 0 Å². The molecule has 0 radical (unpaired) electrons. The lowest BCUT2D eigenvalue weighted by atomic mass is 10.2. The van der Waals surface area contributed by atoms with Crippen molar-refractivity contribution in [3.05, 3.63) is 70.3 Å². The minimum Gasteiger partial charge on any atom is -0.454 e. The van der Waals surface area contributed by atoms with E-state index in [1.165, 1.54) is 0 Å². The van der Waals surface area contributed by atoms with Gasteiger partial charge in [0.15, 0.2) is 16.5 Å². The lowest BCUT2D eigenvalue weighted by molar-refractivity contribution is -0.121. The third-order valence-corrected chi connectivity index (χ3v) is 6.10. The van der Waals surface area contributed by atoms with Gasteiger partial charge in [-0.15, -0.1) is 11.3 Å². The Balaban J connectivity index is 1.20. The van der Waals surface area contributed by atoms with Crippen LogP contribution in [0.2, 0.25) is 5.02 Å². The van der Waals surface area contributed by atoms with E-state index >= 15 is 0 Å². The van der Waals surface area contributed by atoms with Gasteiger partial charge in [-0.05, 0) is 36.2 Å². The van der Waals surface area contributed by atoms with Crippen molar-refractivity contribution in [3.63, 3.8) is 0 Å². The maximum Gasteiger partial charge on any atom is 0.231 e. The first-order chi connectivity index (χ1) is 14.7. The van der Waals surface area contributed by atoms with E-state index in [2.05, 4.69) is 20.1 Å². The van der Waals surface area contributed by atoms with Crippen LogP contribution in [-0.4, -0.2) is 22.1 Å². The molecule has 8 heteroatoms. The maximum absolute atomic E-state index is 12.3. The number of thiazole rings is 1. The summed E-state index contributed by atoms with van der Waals surface area (Å²) in [5, 5.41) is 5.72. The van der Waals surface area contributed by atoms with E-state index < -0.39 is 0 Å². The zero-order valence-corrected chi connectivity index (χ0v) is 17.5. The zero-order chi connectivity index (χ0) is 20.5. The number of hydrogen-bond donors (Lipinski definition) is 1. The number of amides is 1. The largest absolute Gasteiger partial charge is 0.454 e. The summed E-state index contributed by atoms with van der Waals surface area (Å²) in [7, 11) is 0.